The highest BCUT2D eigenvalue weighted by Crippen LogP contribution is 2.15. The maximum Gasteiger partial charge on any atom is 0.291 e. The molecule has 1 aliphatic rings. The maximum absolute atomic E-state index is 12.9. The van der Waals surface area contributed by atoms with Crippen molar-refractivity contribution in [3.8, 4) is 5.75 Å². The smallest absolute Gasteiger partial charge is 0.291 e. The molecular weight excluding hydrogens is 334 g/mol. The Balaban J connectivity index is 1.85. The van der Waals surface area contributed by atoms with Crippen LogP contribution in [0.3, 0.4) is 0 Å². The van der Waals surface area contributed by atoms with Crippen molar-refractivity contribution >= 4 is 17.9 Å². The highest BCUT2D eigenvalue weighted by atomic mass is 16.5. The van der Waals surface area contributed by atoms with Crippen LogP contribution in [0.1, 0.15) is 16.1 Å². The molecule has 26 heavy (non-hydrogen) atoms. The Kier molecular flexibility index (Phi) is 5.70. The first-order chi connectivity index (χ1) is 12.7. The van der Waals surface area contributed by atoms with Gasteiger partial charge in [0.1, 0.15) is 11.4 Å². The Morgan fingerprint density at radius 1 is 1.19 bits per heavy atom. The number of carbonyl (C=O) groups excluding carboxylic acids is 2. The van der Waals surface area contributed by atoms with Crippen LogP contribution in [-0.4, -0.2) is 50.0 Å². The molecule has 2 N–H and O–H groups in total. The van der Waals surface area contributed by atoms with Crippen molar-refractivity contribution in [2.75, 3.05) is 33.3 Å². The van der Waals surface area contributed by atoms with E-state index in [0.717, 1.165) is 24.4 Å². The van der Waals surface area contributed by atoms with Gasteiger partial charge in [0, 0.05) is 26.2 Å². The van der Waals surface area contributed by atoms with Gasteiger partial charge in [-0.3, -0.25) is 9.59 Å². The highest BCUT2D eigenvalue weighted by Gasteiger charge is 2.22. The largest absolute Gasteiger partial charge is 0.497 e. The van der Waals surface area contributed by atoms with E-state index in [9.17, 15) is 9.59 Å². The second kappa shape index (κ2) is 8.35. The average Bonchev–Trinajstić information content (AvgIpc) is 3.23. The number of furan rings is 1. The molecule has 2 aromatic rings. The van der Waals surface area contributed by atoms with Gasteiger partial charge in [-0.1, -0.05) is 12.1 Å². The first-order valence-corrected chi connectivity index (χ1v) is 8.38. The molecule has 0 aliphatic carbocycles. The van der Waals surface area contributed by atoms with Crippen LogP contribution in [0.5, 0.6) is 5.75 Å². The predicted molar refractivity (Wildman–Crippen MR) is 96.6 cm³/mol. The van der Waals surface area contributed by atoms with Crippen molar-refractivity contribution in [1.82, 2.24) is 15.5 Å². The summed E-state index contributed by atoms with van der Waals surface area (Å²) in [5.74, 6) is 0.191. The molecule has 7 nitrogen and oxygen atoms in total. The molecule has 0 radical (unpaired) electrons. The molecular formula is C19H21N3O4. The molecule has 0 atom stereocenters. The van der Waals surface area contributed by atoms with Crippen LogP contribution in [0.4, 0.5) is 0 Å². The van der Waals surface area contributed by atoms with Crippen molar-refractivity contribution in [1.29, 1.82) is 0 Å². The van der Waals surface area contributed by atoms with Crippen LogP contribution >= 0.6 is 0 Å². The van der Waals surface area contributed by atoms with Gasteiger partial charge in [-0.05, 0) is 35.9 Å². The number of piperazine rings is 1. The normalized spacial score (nSPS) is 14.8. The number of rotatable bonds is 5. The molecule has 2 amide bonds. The van der Waals surface area contributed by atoms with Crippen LogP contribution < -0.4 is 15.4 Å². The predicted octanol–water partition coefficient (Wildman–Crippen LogP) is 1.49. The third-order valence-corrected chi connectivity index (χ3v) is 4.05. The van der Waals surface area contributed by atoms with E-state index < -0.39 is 5.91 Å². The topological polar surface area (TPSA) is 83.8 Å². The summed E-state index contributed by atoms with van der Waals surface area (Å²) in [6.45, 7) is 2.65. The van der Waals surface area contributed by atoms with Crippen molar-refractivity contribution in [2.24, 2.45) is 0 Å². The fourth-order valence-corrected chi connectivity index (χ4v) is 2.65. The second-order valence-corrected chi connectivity index (χ2v) is 5.80. The third kappa shape index (κ3) is 4.31. The number of methoxy groups -OCH3 is 1. The lowest BCUT2D eigenvalue weighted by Gasteiger charge is -2.28. The molecule has 0 saturated carbocycles. The van der Waals surface area contributed by atoms with E-state index in [4.69, 9.17) is 9.15 Å². The SMILES string of the molecule is COc1ccc(/C=C(\NC(=O)c2ccco2)C(=O)N2CCNCC2)cc1. The van der Waals surface area contributed by atoms with Gasteiger partial charge < -0.3 is 24.7 Å². The summed E-state index contributed by atoms with van der Waals surface area (Å²) in [5.41, 5.74) is 0.988. The summed E-state index contributed by atoms with van der Waals surface area (Å²) in [4.78, 5) is 27.0. The van der Waals surface area contributed by atoms with Crippen molar-refractivity contribution in [3.63, 3.8) is 0 Å². The zero-order valence-electron chi connectivity index (χ0n) is 14.5. The number of carbonyl (C=O) groups is 2. The van der Waals surface area contributed by atoms with Crippen molar-refractivity contribution in [2.45, 2.75) is 0 Å². The van der Waals surface area contributed by atoms with Gasteiger partial charge in [-0.2, -0.15) is 0 Å². The van der Waals surface area contributed by atoms with Crippen LogP contribution in [0.15, 0.2) is 52.8 Å². The molecule has 1 aromatic carbocycles. The summed E-state index contributed by atoms with van der Waals surface area (Å²) >= 11 is 0. The summed E-state index contributed by atoms with van der Waals surface area (Å²) in [6.07, 6.45) is 3.07. The fourth-order valence-electron chi connectivity index (χ4n) is 2.65. The number of hydrogen-bond acceptors (Lipinski definition) is 5. The summed E-state index contributed by atoms with van der Waals surface area (Å²) in [5, 5.41) is 5.88. The lowest BCUT2D eigenvalue weighted by atomic mass is 10.1. The molecule has 3 rings (SSSR count). The van der Waals surface area contributed by atoms with E-state index in [1.54, 1.807) is 42.4 Å². The van der Waals surface area contributed by atoms with Crippen LogP contribution in [0, 0.1) is 0 Å². The van der Waals surface area contributed by atoms with Crippen molar-refractivity contribution < 1.29 is 18.7 Å². The summed E-state index contributed by atoms with van der Waals surface area (Å²) in [6, 6.07) is 10.4. The molecule has 0 bridgehead atoms. The fraction of sp³-hybridized carbons (Fsp3) is 0.263. The zero-order valence-corrected chi connectivity index (χ0v) is 14.5. The van der Waals surface area contributed by atoms with Crippen LogP contribution in [0.25, 0.3) is 6.08 Å². The zero-order chi connectivity index (χ0) is 18.4. The number of nitrogens with zero attached hydrogens (tertiary/aromatic N) is 1. The molecule has 2 heterocycles. The van der Waals surface area contributed by atoms with E-state index >= 15 is 0 Å². The minimum Gasteiger partial charge on any atom is -0.497 e. The molecule has 136 valence electrons. The number of amides is 2. The molecule has 0 unspecified atom stereocenters. The van der Waals surface area contributed by atoms with Gasteiger partial charge in [0.2, 0.25) is 0 Å². The molecule has 0 spiro atoms. The van der Waals surface area contributed by atoms with E-state index in [2.05, 4.69) is 10.6 Å². The highest BCUT2D eigenvalue weighted by molar-refractivity contribution is 6.04. The molecule has 1 fully saturated rings. The average molecular weight is 355 g/mol. The minimum atomic E-state index is -0.460. The lowest BCUT2D eigenvalue weighted by Crippen LogP contribution is -2.48. The van der Waals surface area contributed by atoms with Crippen LogP contribution in [0.2, 0.25) is 0 Å². The first-order valence-electron chi connectivity index (χ1n) is 8.38. The Morgan fingerprint density at radius 2 is 1.92 bits per heavy atom. The minimum absolute atomic E-state index is 0.152. The van der Waals surface area contributed by atoms with E-state index in [0.29, 0.717) is 13.1 Å². The van der Waals surface area contributed by atoms with Gasteiger partial charge in [0.25, 0.3) is 11.8 Å². The molecule has 1 aromatic heterocycles. The van der Waals surface area contributed by atoms with Gasteiger partial charge in [0.15, 0.2) is 5.76 Å². The number of nitrogens with one attached hydrogen (secondary N) is 2. The van der Waals surface area contributed by atoms with E-state index in [1.807, 2.05) is 12.1 Å². The Labute approximate surface area is 151 Å². The Morgan fingerprint density at radius 3 is 2.54 bits per heavy atom. The summed E-state index contributed by atoms with van der Waals surface area (Å²) in [7, 11) is 1.59. The number of benzene rings is 1. The summed E-state index contributed by atoms with van der Waals surface area (Å²) < 4.78 is 10.3. The lowest BCUT2D eigenvalue weighted by molar-refractivity contribution is -0.127. The Bertz CT molecular complexity index is 776. The Hall–Kier alpha value is -3.06. The van der Waals surface area contributed by atoms with Crippen molar-refractivity contribution in [3.05, 3.63) is 59.7 Å². The molecule has 1 aliphatic heterocycles. The number of hydrogen-bond donors (Lipinski definition) is 2. The van der Waals surface area contributed by atoms with Gasteiger partial charge in [-0.25, -0.2) is 0 Å². The standard InChI is InChI=1S/C19H21N3O4/c1-25-15-6-4-14(5-7-15)13-16(19(24)22-10-8-20-9-11-22)21-18(23)17-3-2-12-26-17/h2-7,12-13,20H,8-11H2,1H3,(H,21,23)/b16-13-. The van der Waals surface area contributed by atoms with Crippen LogP contribution in [-0.2, 0) is 4.79 Å². The van der Waals surface area contributed by atoms with Gasteiger partial charge >= 0.3 is 0 Å². The maximum atomic E-state index is 12.9. The monoisotopic (exact) mass is 355 g/mol. The quantitative estimate of drug-likeness (QED) is 0.794. The van der Waals surface area contributed by atoms with Gasteiger partial charge in [0.05, 0.1) is 13.4 Å². The third-order valence-electron chi connectivity index (χ3n) is 4.05. The second-order valence-electron chi connectivity index (χ2n) is 5.80. The number of ether oxygens (including phenoxy) is 1. The van der Waals surface area contributed by atoms with E-state index in [1.165, 1.54) is 6.26 Å². The first kappa shape index (κ1) is 17.8. The molecule has 7 heteroatoms. The van der Waals surface area contributed by atoms with E-state index in [-0.39, 0.29) is 17.4 Å². The van der Waals surface area contributed by atoms with Gasteiger partial charge in [-0.15, -0.1) is 0 Å². The molecule has 1 saturated heterocycles.